The van der Waals surface area contributed by atoms with Crippen LogP contribution in [0.1, 0.15) is 45.4 Å². The normalized spacial score (nSPS) is 14.6. The molecule has 0 atom stereocenters. The Hall–Kier alpha value is -2.70. The Morgan fingerprint density at radius 2 is 1.66 bits per heavy atom. The largest absolute Gasteiger partial charge is 0.399 e. The molecule has 6 heteroatoms. The minimum Gasteiger partial charge on any atom is -0.399 e. The van der Waals surface area contributed by atoms with E-state index in [1.165, 1.54) is 11.1 Å². The number of piperidine rings is 1. The molecule has 1 amide bonds. The van der Waals surface area contributed by atoms with Gasteiger partial charge in [-0.15, -0.1) is 11.3 Å². The summed E-state index contributed by atoms with van der Waals surface area (Å²) in [6, 6.07) is 16.0. The zero-order valence-corrected chi connectivity index (χ0v) is 17.2. The van der Waals surface area contributed by atoms with Crippen molar-refractivity contribution < 1.29 is 4.79 Å². The maximum Gasteiger partial charge on any atom is 0.275 e. The van der Waals surface area contributed by atoms with Crippen molar-refractivity contribution in [2.24, 2.45) is 0 Å². The fraction of sp³-hybridized carbons (Fsp3) is 0.304. The molecule has 0 bridgehead atoms. The first-order valence-corrected chi connectivity index (χ1v) is 11.0. The fourth-order valence-electron chi connectivity index (χ4n) is 3.57. The van der Waals surface area contributed by atoms with E-state index in [1.54, 1.807) is 11.3 Å². The number of nitrogens with two attached hydrogens (primary N) is 1. The minimum atomic E-state index is -0.143. The van der Waals surface area contributed by atoms with Crippen molar-refractivity contribution >= 4 is 28.6 Å². The molecule has 1 aliphatic rings. The number of amides is 1. The monoisotopic (exact) mass is 406 g/mol. The molecule has 1 fully saturated rings. The molecule has 4 rings (SSSR count). The number of anilines is 2. The van der Waals surface area contributed by atoms with Gasteiger partial charge < -0.3 is 16.4 Å². The third kappa shape index (κ3) is 5.22. The van der Waals surface area contributed by atoms with E-state index in [4.69, 9.17) is 5.73 Å². The Labute approximate surface area is 175 Å². The highest BCUT2D eigenvalue weighted by Crippen LogP contribution is 2.28. The van der Waals surface area contributed by atoms with Crippen LogP contribution in [0.4, 0.5) is 11.4 Å². The molecule has 5 nitrogen and oxygen atoms in total. The van der Waals surface area contributed by atoms with Crippen molar-refractivity contribution in [3.63, 3.8) is 0 Å². The average Bonchev–Trinajstić information content (AvgIpc) is 3.26. The summed E-state index contributed by atoms with van der Waals surface area (Å²) < 4.78 is 0. The van der Waals surface area contributed by atoms with Gasteiger partial charge in [-0.05, 0) is 74.2 Å². The molecule has 4 N–H and O–H groups in total. The molecule has 2 aromatic carbocycles. The van der Waals surface area contributed by atoms with Crippen molar-refractivity contribution in [1.29, 1.82) is 0 Å². The SMILES string of the molecule is Nc1ccc(CCc2ccc(NC(=O)c3csc(C4CCNCC4)n3)cc2)cc1. The van der Waals surface area contributed by atoms with Crippen LogP contribution in [-0.4, -0.2) is 24.0 Å². The van der Waals surface area contributed by atoms with E-state index in [0.717, 1.165) is 55.2 Å². The fourth-order valence-corrected chi connectivity index (χ4v) is 4.54. The zero-order valence-electron chi connectivity index (χ0n) is 16.4. The Morgan fingerprint density at radius 1 is 1.03 bits per heavy atom. The van der Waals surface area contributed by atoms with Crippen molar-refractivity contribution in [2.45, 2.75) is 31.6 Å². The second kappa shape index (κ2) is 9.20. The van der Waals surface area contributed by atoms with E-state index in [1.807, 2.05) is 29.6 Å². The van der Waals surface area contributed by atoms with Crippen LogP contribution in [0.25, 0.3) is 0 Å². The number of nitrogens with zero attached hydrogens (tertiary/aromatic N) is 1. The number of benzene rings is 2. The van der Waals surface area contributed by atoms with Crippen LogP contribution in [0.3, 0.4) is 0 Å². The third-order valence-electron chi connectivity index (χ3n) is 5.34. The van der Waals surface area contributed by atoms with Crippen LogP contribution in [0.2, 0.25) is 0 Å². The Morgan fingerprint density at radius 3 is 2.31 bits per heavy atom. The predicted molar refractivity (Wildman–Crippen MR) is 120 cm³/mol. The van der Waals surface area contributed by atoms with Gasteiger partial charge in [-0.2, -0.15) is 0 Å². The van der Waals surface area contributed by atoms with Gasteiger partial charge in [0.1, 0.15) is 5.69 Å². The molecular formula is C23H26N4OS. The van der Waals surface area contributed by atoms with Gasteiger partial charge in [0.05, 0.1) is 5.01 Å². The highest BCUT2D eigenvalue weighted by atomic mass is 32.1. The minimum absolute atomic E-state index is 0.143. The van der Waals surface area contributed by atoms with Crippen molar-refractivity contribution in [2.75, 3.05) is 24.1 Å². The van der Waals surface area contributed by atoms with Gasteiger partial charge in [-0.25, -0.2) is 4.98 Å². The van der Waals surface area contributed by atoms with Gasteiger partial charge in [-0.1, -0.05) is 24.3 Å². The zero-order chi connectivity index (χ0) is 20.1. The topological polar surface area (TPSA) is 80.0 Å². The number of carbonyl (C=O) groups is 1. The molecule has 1 saturated heterocycles. The highest BCUT2D eigenvalue weighted by molar-refractivity contribution is 7.10. The van der Waals surface area contributed by atoms with Gasteiger partial charge in [-0.3, -0.25) is 4.79 Å². The molecule has 0 unspecified atom stereocenters. The molecule has 0 radical (unpaired) electrons. The smallest absolute Gasteiger partial charge is 0.275 e. The summed E-state index contributed by atoms with van der Waals surface area (Å²) in [7, 11) is 0. The van der Waals surface area contributed by atoms with Crippen LogP contribution >= 0.6 is 11.3 Å². The lowest BCUT2D eigenvalue weighted by molar-refractivity contribution is 0.102. The van der Waals surface area contributed by atoms with Crippen LogP contribution in [0.15, 0.2) is 53.9 Å². The number of thiazole rings is 1. The number of nitrogen functional groups attached to an aromatic ring is 1. The first-order chi connectivity index (χ1) is 14.2. The van der Waals surface area contributed by atoms with Crippen LogP contribution < -0.4 is 16.4 Å². The Bertz CT molecular complexity index is 944. The predicted octanol–water partition coefficient (Wildman–Crippen LogP) is 4.23. The molecule has 29 heavy (non-hydrogen) atoms. The second-order valence-corrected chi connectivity index (χ2v) is 8.38. The standard InChI is InChI=1S/C23H26N4OS/c24-19-7-3-16(4-8-19)1-2-17-5-9-20(10-6-17)26-22(28)21-15-29-23(27-21)18-11-13-25-14-12-18/h3-10,15,18,25H,1-2,11-14,24H2,(H,26,28). The van der Waals surface area contributed by atoms with E-state index in [2.05, 4.69) is 39.9 Å². The molecule has 150 valence electrons. The summed E-state index contributed by atoms with van der Waals surface area (Å²) >= 11 is 1.60. The summed E-state index contributed by atoms with van der Waals surface area (Å²) in [5.41, 5.74) is 10.3. The third-order valence-corrected chi connectivity index (χ3v) is 6.34. The first kappa shape index (κ1) is 19.6. The van der Waals surface area contributed by atoms with Gasteiger partial charge in [0.2, 0.25) is 0 Å². The molecule has 0 saturated carbocycles. The van der Waals surface area contributed by atoms with Gasteiger partial charge in [0, 0.05) is 22.7 Å². The molecular weight excluding hydrogens is 380 g/mol. The lowest BCUT2D eigenvalue weighted by Gasteiger charge is -2.20. The second-order valence-electron chi connectivity index (χ2n) is 7.49. The van der Waals surface area contributed by atoms with E-state index in [-0.39, 0.29) is 5.91 Å². The molecule has 0 spiro atoms. The van der Waals surface area contributed by atoms with Gasteiger partial charge >= 0.3 is 0 Å². The number of hydrogen-bond donors (Lipinski definition) is 3. The highest BCUT2D eigenvalue weighted by Gasteiger charge is 2.20. The van der Waals surface area contributed by atoms with E-state index < -0.39 is 0 Å². The molecule has 2 heterocycles. The molecule has 0 aliphatic carbocycles. The lowest BCUT2D eigenvalue weighted by Crippen LogP contribution is -2.26. The van der Waals surface area contributed by atoms with Crippen LogP contribution in [0, 0.1) is 0 Å². The Kier molecular flexibility index (Phi) is 6.22. The average molecular weight is 407 g/mol. The van der Waals surface area contributed by atoms with Crippen molar-refractivity contribution in [3.8, 4) is 0 Å². The summed E-state index contributed by atoms with van der Waals surface area (Å²) in [5, 5.41) is 9.27. The quantitative estimate of drug-likeness (QED) is 0.535. The summed E-state index contributed by atoms with van der Waals surface area (Å²) in [5.74, 6) is 0.333. The molecule has 1 aliphatic heterocycles. The number of aryl methyl sites for hydroxylation is 2. The van der Waals surface area contributed by atoms with E-state index in [9.17, 15) is 4.79 Å². The van der Waals surface area contributed by atoms with Gasteiger partial charge in [0.25, 0.3) is 5.91 Å². The Balaban J connectivity index is 1.31. The maximum absolute atomic E-state index is 12.5. The van der Waals surface area contributed by atoms with Gasteiger partial charge in [0.15, 0.2) is 0 Å². The number of rotatable bonds is 6. The summed E-state index contributed by atoms with van der Waals surface area (Å²) in [6.45, 7) is 2.05. The molecule has 1 aromatic heterocycles. The number of aromatic nitrogens is 1. The van der Waals surface area contributed by atoms with Crippen molar-refractivity contribution in [1.82, 2.24) is 10.3 Å². The number of nitrogens with one attached hydrogen (secondary N) is 2. The number of hydrogen-bond acceptors (Lipinski definition) is 5. The lowest BCUT2D eigenvalue weighted by atomic mass is 9.99. The summed E-state index contributed by atoms with van der Waals surface area (Å²) in [4.78, 5) is 17.1. The molecule has 3 aromatic rings. The van der Waals surface area contributed by atoms with Crippen LogP contribution in [-0.2, 0) is 12.8 Å². The van der Waals surface area contributed by atoms with E-state index >= 15 is 0 Å². The van der Waals surface area contributed by atoms with Crippen LogP contribution in [0.5, 0.6) is 0 Å². The van der Waals surface area contributed by atoms with E-state index in [0.29, 0.717) is 11.6 Å². The van der Waals surface area contributed by atoms with Crippen molar-refractivity contribution in [3.05, 3.63) is 75.7 Å². The summed E-state index contributed by atoms with van der Waals surface area (Å²) in [6.07, 6.45) is 4.09. The number of carbonyl (C=O) groups excluding carboxylic acids is 1. The first-order valence-electron chi connectivity index (χ1n) is 10.1. The maximum atomic E-state index is 12.5.